The van der Waals surface area contributed by atoms with E-state index in [4.69, 9.17) is 11.5 Å². The van der Waals surface area contributed by atoms with Gasteiger partial charge >= 0.3 is 5.97 Å². The number of carbonyl (C=O) groups excluding carboxylic acids is 1. The molecule has 0 aliphatic rings. The average Bonchev–Trinajstić information content (AvgIpc) is 2.29. The van der Waals surface area contributed by atoms with Crippen LogP contribution in [0.3, 0.4) is 0 Å². The Morgan fingerprint density at radius 1 is 1.39 bits per heavy atom. The van der Waals surface area contributed by atoms with Gasteiger partial charge in [0.1, 0.15) is 0 Å². The Hall–Kier alpha value is -2.46. The fourth-order valence-electron chi connectivity index (χ4n) is 1.22. The summed E-state index contributed by atoms with van der Waals surface area (Å²) in [6.07, 6.45) is 8.06. The molecule has 0 fully saturated rings. The van der Waals surface area contributed by atoms with Gasteiger partial charge in [-0.15, -0.1) is 6.42 Å². The minimum Gasteiger partial charge on any atom is -0.480 e. The first kappa shape index (κ1) is 13.6. The van der Waals surface area contributed by atoms with Crippen molar-refractivity contribution in [3.63, 3.8) is 0 Å². The molecule has 7 nitrogen and oxygen atoms in total. The molecule has 1 rings (SSSR count). The van der Waals surface area contributed by atoms with Crippen LogP contribution in [0.2, 0.25) is 0 Å². The largest absolute Gasteiger partial charge is 0.480 e. The van der Waals surface area contributed by atoms with Gasteiger partial charge < -0.3 is 5.11 Å². The Morgan fingerprint density at radius 2 is 2.06 bits per heavy atom. The summed E-state index contributed by atoms with van der Waals surface area (Å²) >= 11 is 0. The summed E-state index contributed by atoms with van der Waals surface area (Å²) in [5, 5.41) is 11.1. The standard InChI is InChI=1S/C11H12N4O3/c1-2-6-15(8-10(17)18)7-9(16)14-11-12-4-3-5-13-11/h1,3-5H,6-8H2,(H,17,18)(H,12,13,14,16). The van der Waals surface area contributed by atoms with Crippen molar-refractivity contribution < 1.29 is 14.7 Å². The van der Waals surface area contributed by atoms with Crippen LogP contribution in [-0.4, -0.2) is 51.5 Å². The number of amides is 1. The third-order valence-corrected chi connectivity index (χ3v) is 1.86. The lowest BCUT2D eigenvalue weighted by Gasteiger charge is -2.16. The van der Waals surface area contributed by atoms with Crippen LogP contribution < -0.4 is 5.32 Å². The van der Waals surface area contributed by atoms with E-state index in [1.54, 1.807) is 6.07 Å². The van der Waals surface area contributed by atoms with E-state index in [0.717, 1.165) is 0 Å². The number of hydrogen-bond donors (Lipinski definition) is 2. The van der Waals surface area contributed by atoms with Gasteiger partial charge in [0.25, 0.3) is 0 Å². The lowest BCUT2D eigenvalue weighted by atomic mass is 10.4. The SMILES string of the molecule is C#CCN(CC(=O)O)CC(=O)Nc1ncccn1. The maximum Gasteiger partial charge on any atom is 0.317 e. The third kappa shape index (κ3) is 5.05. The average molecular weight is 248 g/mol. The van der Waals surface area contributed by atoms with E-state index in [0.29, 0.717) is 0 Å². The lowest BCUT2D eigenvalue weighted by molar-refractivity contribution is -0.138. The van der Waals surface area contributed by atoms with E-state index in [-0.39, 0.29) is 25.6 Å². The minimum atomic E-state index is -1.05. The number of carboxylic acids is 1. The summed E-state index contributed by atoms with van der Waals surface area (Å²) in [4.78, 5) is 31.1. The summed E-state index contributed by atoms with van der Waals surface area (Å²) in [5.74, 6) is 0.993. The predicted octanol–water partition coefficient (Wildman–Crippen LogP) is -0.565. The van der Waals surface area contributed by atoms with Crippen LogP contribution in [-0.2, 0) is 9.59 Å². The molecule has 0 spiro atoms. The van der Waals surface area contributed by atoms with Crippen LogP contribution in [0, 0.1) is 12.3 Å². The van der Waals surface area contributed by atoms with Crippen molar-refractivity contribution >= 4 is 17.8 Å². The Bertz CT molecular complexity index is 455. The molecule has 94 valence electrons. The molecule has 0 aliphatic carbocycles. The van der Waals surface area contributed by atoms with Gasteiger partial charge in [0.2, 0.25) is 11.9 Å². The van der Waals surface area contributed by atoms with E-state index in [9.17, 15) is 9.59 Å². The van der Waals surface area contributed by atoms with Crippen LogP contribution in [0.4, 0.5) is 5.95 Å². The summed E-state index contributed by atoms with van der Waals surface area (Å²) in [6.45, 7) is -0.350. The molecule has 7 heteroatoms. The Kier molecular flexibility index (Phi) is 5.28. The molecule has 0 saturated heterocycles. The Morgan fingerprint density at radius 3 is 2.61 bits per heavy atom. The molecule has 1 heterocycles. The van der Waals surface area contributed by atoms with Crippen LogP contribution in [0.15, 0.2) is 18.5 Å². The Balaban J connectivity index is 2.51. The normalized spacial score (nSPS) is 9.78. The summed E-state index contributed by atoms with van der Waals surface area (Å²) in [5.41, 5.74) is 0. The highest BCUT2D eigenvalue weighted by Crippen LogP contribution is 1.95. The zero-order chi connectivity index (χ0) is 13.4. The second-order valence-electron chi connectivity index (χ2n) is 3.36. The van der Waals surface area contributed by atoms with Gasteiger partial charge in [0, 0.05) is 12.4 Å². The number of terminal acetylenes is 1. The van der Waals surface area contributed by atoms with E-state index in [2.05, 4.69) is 21.2 Å². The van der Waals surface area contributed by atoms with E-state index in [1.807, 2.05) is 0 Å². The molecule has 18 heavy (non-hydrogen) atoms. The van der Waals surface area contributed by atoms with Crippen molar-refractivity contribution in [3.05, 3.63) is 18.5 Å². The minimum absolute atomic E-state index is 0.0787. The molecular formula is C11H12N4O3. The Labute approximate surface area is 104 Å². The topological polar surface area (TPSA) is 95.4 Å². The van der Waals surface area contributed by atoms with E-state index < -0.39 is 11.9 Å². The maximum atomic E-state index is 11.6. The first-order valence-corrected chi connectivity index (χ1v) is 5.06. The molecule has 0 atom stereocenters. The molecule has 1 aromatic heterocycles. The molecule has 0 radical (unpaired) electrons. The number of aromatic nitrogens is 2. The molecule has 0 aliphatic heterocycles. The smallest absolute Gasteiger partial charge is 0.317 e. The van der Waals surface area contributed by atoms with Gasteiger partial charge in [0.15, 0.2) is 0 Å². The van der Waals surface area contributed by atoms with Crippen LogP contribution >= 0.6 is 0 Å². The number of hydrogen-bond acceptors (Lipinski definition) is 5. The van der Waals surface area contributed by atoms with Crippen LogP contribution in [0.1, 0.15) is 0 Å². The zero-order valence-electron chi connectivity index (χ0n) is 9.54. The highest BCUT2D eigenvalue weighted by molar-refractivity contribution is 5.90. The number of carboxylic acid groups (broad SMARTS) is 1. The monoisotopic (exact) mass is 248 g/mol. The second-order valence-corrected chi connectivity index (χ2v) is 3.36. The van der Waals surface area contributed by atoms with E-state index in [1.165, 1.54) is 17.3 Å². The van der Waals surface area contributed by atoms with Crippen LogP contribution in [0.5, 0.6) is 0 Å². The third-order valence-electron chi connectivity index (χ3n) is 1.86. The molecule has 2 N–H and O–H groups in total. The van der Waals surface area contributed by atoms with E-state index >= 15 is 0 Å². The number of anilines is 1. The van der Waals surface area contributed by atoms with Crippen molar-refractivity contribution in [2.45, 2.75) is 0 Å². The first-order valence-electron chi connectivity index (χ1n) is 5.06. The second kappa shape index (κ2) is 6.98. The van der Waals surface area contributed by atoms with Crippen molar-refractivity contribution in [1.82, 2.24) is 14.9 Å². The molecule has 1 amide bonds. The van der Waals surface area contributed by atoms with Crippen molar-refractivity contribution in [3.8, 4) is 12.3 Å². The number of aliphatic carboxylic acids is 1. The van der Waals surface area contributed by atoms with Crippen molar-refractivity contribution in [1.29, 1.82) is 0 Å². The predicted molar refractivity (Wildman–Crippen MR) is 63.6 cm³/mol. The van der Waals surface area contributed by atoms with Gasteiger partial charge in [-0.2, -0.15) is 0 Å². The molecule has 0 saturated carbocycles. The van der Waals surface area contributed by atoms with Gasteiger partial charge in [-0.05, 0) is 6.07 Å². The first-order chi connectivity index (χ1) is 8.61. The van der Waals surface area contributed by atoms with Crippen molar-refractivity contribution in [2.24, 2.45) is 0 Å². The zero-order valence-corrected chi connectivity index (χ0v) is 9.54. The molecule has 0 aromatic carbocycles. The van der Waals surface area contributed by atoms with Gasteiger partial charge in [-0.25, -0.2) is 9.97 Å². The summed E-state index contributed by atoms with van der Waals surface area (Å²) in [6, 6.07) is 1.62. The highest BCUT2D eigenvalue weighted by atomic mass is 16.4. The summed E-state index contributed by atoms with van der Waals surface area (Å²) in [7, 11) is 0. The molecular weight excluding hydrogens is 236 g/mol. The number of nitrogens with zero attached hydrogens (tertiary/aromatic N) is 3. The van der Waals surface area contributed by atoms with Gasteiger partial charge in [-0.1, -0.05) is 5.92 Å². The molecule has 0 unspecified atom stereocenters. The van der Waals surface area contributed by atoms with Gasteiger partial charge in [0.05, 0.1) is 19.6 Å². The number of carbonyl (C=O) groups is 2. The fraction of sp³-hybridized carbons (Fsp3) is 0.273. The quantitative estimate of drug-likeness (QED) is 0.655. The summed E-state index contributed by atoms with van der Waals surface area (Å²) < 4.78 is 0. The lowest BCUT2D eigenvalue weighted by Crippen LogP contribution is -2.37. The van der Waals surface area contributed by atoms with Crippen molar-refractivity contribution in [2.75, 3.05) is 25.0 Å². The molecule has 1 aromatic rings. The highest BCUT2D eigenvalue weighted by Gasteiger charge is 2.13. The molecule has 0 bridgehead atoms. The fourth-order valence-corrected chi connectivity index (χ4v) is 1.22. The van der Waals surface area contributed by atoms with Crippen LogP contribution in [0.25, 0.3) is 0 Å². The van der Waals surface area contributed by atoms with Gasteiger partial charge in [-0.3, -0.25) is 19.8 Å². The maximum absolute atomic E-state index is 11.6. The number of nitrogens with one attached hydrogen (secondary N) is 1. The number of rotatable bonds is 6.